The molecule has 1 aromatic heterocycles. The lowest BCUT2D eigenvalue weighted by Crippen LogP contribution is -2.37. The number of ether oxygens (including phenoxy) is 1. The highest BCUT2D eigenvalue weighted by atomic mass is 32.2. The Morgan fingerprint density at radius 3 is 2.54 bits per heavy atom. The molecule has 0 fully saturated rings. The van der Waals surface area contributed by atoms with Gasteiger partial charge in [0, 0.05) is 11.6 Å². The van der Waals surface area contributed by atoms with Crippen molar-refractivity contribution in [1.82, 2.24) is 0 Å². The van der Waals surface area contributed by atoms with Gasteiger partial charge in [-0.05, 0) is 39.0 Å². The maximum absolute atomic E-state index is 12.4. The third-order valence-electron chi connectivity index (χ3n) is 3.11. The van der Waals surface area contributed by atoms with Gasteiger partial charge in [-0.15, -0.1) is 6.42 Å². The maximum atomic E-state index is 12.4. The molecule has 1 heterocycles. The van der Waals surface area contributed by atoms with Gasteiger partial charge in [0.1, 0.15) is 5.60 Å². The predicted molar refractivity (Wildman–Crippen MR) is 91.7 cm³/mol. The van der Waals surface area contributed by atoms with Crippen LogP contribution in [0.15, 0.2) is 33.8 Å². The summed E-state index contributed by atoms with van der Waals surface area (Å²) < 4.78 is 34.6. The number of sulfone groups is 1. The molecule has 0 saturated heterocycles. The van der Waals surface area contributed by atoms with E-state index in [0.29, 0.717) is 11.1 Å². The van der Waals surface area contributed by atoms with Crippen molar-refractivity contribution in [2.24, 2.45) is 0 Å². The molecule has 128 valence electrons. The number of nitrogens with zero attached hydrogens (tertiary/aromatic N) is 1. The molecule has 0 saturated carbocycles. The zero-order valence-corrected chi connectivity index (χ0v) is 14.8. The second-order valence-electron chi connectivity index (χ2n) is 6.29. The van der Waals surface area contributed by atoms with Crippen molar-refractivity contribution in [2.45, 2.75) is 31.3 Å². The lowest BCUT2D eigenvalue weighted by atomic mass is 10.2. The van der Waals surface area contributed by atoms with Crippen LogP contribution in [0, 0.1) is 12.3 Å². The van der Waals surface area contributed by atoms with Crippen LogP contribution < -0.4 is 4.90 Å². The molecule has 6 nitrogen and oxygen atoms in total. The van der Waals surface area contributed by atoms with E-state index in [4.69, 9.17) is 15.6 Å². The third kappa shape index (κ3) is 3.71. The minimum Gasteiger partial charge on any atom is -0.462 e. The number of rotatable bonds is 3. The van der Waals surface area contributed by atoms with Gasteiger partial charge in [0.25, 0.3) is 0 Å². The normalized spacial score (nSPS) is 12.0. The van der Waals surface area contributed by atoms with Gasteiger partial charge in [0.2, 0.25) is 0 Å². The standard InChI is InChI=1S/C17H19NO5S/c1-6-10-18(16(19)23-17(2,3)4)13-7-8-14(24(5,20)21)12-9-11-22-15(12)13/h1,7-9,11H,10H2,2-5H3. The van der Waals surface area contributed by atoms with E-state index >= 15 is 0 Å². The fourth-order valence-corrected chi connectivity index (χ4v) is 3.09. The maximum Gasteiger partial charge on any atom is 0.415 e. The van der Waals surface area contributed by atoms with E-state index in [2.05, 4.69) is 5.92 Å². The predicted octanol–water partition coefficient (Wildman–Crippen LogP) is 3.21. The Morgan fingerprint density at radius 1 is 1.33 bits per heavy atom. The quantitative estimate of drug-likeness (QED) is 0.795. The van der Waals surface area contributed by atoms with Gasteiger partial charge in [0.15, 0.2) is 15.4 Å². The summed E-state index contributed by atoms with van der Waals surface area (Å²) in [5.41, 5.74) is -0.0764. The molecule has 0 aliphatic heterocycles. The minimum atomic E-state index is -3.44. The lowest BCUT2D eigenvalue weighted by molar-refractivity contribution is 0.0585. The number of hydrogen-bond donors (Lipinski definition) is 0. The molecular weight excluding hydrogens is 330 g/mol. The molecule has 0 atom stereocenters. The number of amides is 1. The van der Waals surface area contributed by atoms with Gasteiger partial charge in [-0.25, -0.2) is 13.2 Å². The van der Waals surface area contributed by atoms with E-state index in [1.807, 2.05) is 0 Å². The topological polar surface area (TPSA) is 76.8 Å². The van der Waals surface area contributed by atoms with E-state index in [-0.39, 0.29) is 17.0 Å². The fourth-order valence-electron chi connectivity index (χ4n) is 2.21. The molecule has 2 rings (SSSR count). The smallest absolute Gasteiger partial charge is 0.415 e. The van der Waals surface area contributed by atoms with Gasteiger partial charge >= 0.3 is 6.09 Å². The first-order valence-electron chi connectivity index (χ1n) is 7.19. The average molecular weight is 349 g/mol. The van der Waals surface area contributed by atoms with Crippen molar-refractivity contribution < 1.29 is 22.4 Å². The molecule has 0 aliphatic carbocycles. The number of hydrogen-bond acceptors (Lipinski definition) is 5. The van der Waals surface area contributed by atoms with Crippen LogP contribution in [-0.4, -0.2) is 32.9 Å². The average Bonchev–Trinajstić information content (AvgIpc) is 2.89. The summed E-state index contributed by atoms with van der Waals surface area (Å²) in [6.07, 6.45) is 7.21. The second-order valence-corrected chi connectivity index (χ2v) is 8.27. The Bertz CT molecular complexity index is 913. The highest BCUT2D eigenvalue weighted by molar-refractivity contribution is 7.91. The molecule has 7 heteroatoms. The van der Waals surface area contributed by atoms with Gasteiger partial charge in [-0.1, -0.05) is 5.92 Å². The molecular formula is C17H19NO5S. The first-order valence-corrected chi connectivity index (χ1v) is 9.08. The third-order valence-corrected chi connectivity index (χ3v) is 4.26. The van der Waals surface area contributed by atoms with E-state index in [1.165, 1.54) is 23.3 Å². The highest BCUT2D eigenvalue weighted by Crippen LogP contribution is 2.33. The van der Waals surface area contributed by atoms with E-state index in [1.54, 1.807) is 26.8 Å². The molecule has 0 N–H and O–H groups in total. The van der Waals surface area contributed by atoms with Gasteiger partial charge < -0.3 is 9.15 Å². The fraction of sp³-hybridized carbons (Fsp3) is 0.353. The van der Waals surface area contributed by atoms with Gasteiger partial charge in [-0.2, -0.15) is 0 Å². The van der Waals surface area contributed by atoms with Crippen LogP contribution in [0.5, 0.6) is 0 Å². The number of fused-ring (bicyclic) bond motifs is 1. The van der Waals surface area contributed by atoms with Crippen LogP contribution >= 0.6 is 0 Å². The Balaban J connectivity index is 2.59. The summed E-state index contributed by atoms with van der Waals surface area (Å²) in [5.74, 6) is 2.40. The lowest BCUT2D eigenvalue weighted by Gasteiger charge is -2.26. The molecule has 0 unspecified atom stereocenters. The first-order chi connectivity index (χ1) is 11.0. The number of furan rings is 1. The van der Waals surface area contributed by atoms with Crippen molar-refractivity contribution in [2.75, 3.05) is 17.7 Å². The number of benzene rings is 1. The Labute approximate surface area is 141 Å². The molecule has 1 amide bonds. The zero-order valence-electron chi connectivity index (χ0n) is 14.0. The molecule has 1 aromatic carbocycles. The minimum absolute atomic E-state index is 0.0388. The van der Waals surface area contributed by atoms with Crippen molar-refractivity contribution in [1.29, 1.82) is 0 Å². The van der Waals surface area contributed by atoms with Crippen LogP contribution in [0.4, 0.5) is 10.5 Å². The first kappa shape index (κ1) is 17.9. The molecule has 24 heavy (non-hydrogen) atoms. The zero-order chi connectivity index (χ0) is 18.1. The Hall–Kier alpha value is -2.46. The van der Waals surface area contributed by atoms with Crippen LogP contribution in [0.3, 0.4) is 0 Å². The summed E-state index contributed by atoms with van der Waals surface area (Å²) in [4.78, 5) is 13.8. The summed E-state index contributed by atoms with van der Waals surface area (Å²) in [6, 6.07) is 4.46. The largest absolute Gasteiger partial charge is 0.462 e. The molecule has 0 spiro atoms. The van der Waals surface area contributed by atoms with E-state index in [9.17, 15) is 13.2 Å². The summed E-state index contributed by atoms with van der Waals surface area (Å²) >= 11 is 0. The van der Waals surface area contributed by atoms with Crippen molar-refractivity contribution in [3.63, 3.8) is 0 Å². The SMILES string of the molecule is C#CCN(C(=O)OC(C)(C)C)c1ccc(S(C)(=O)=O)c2ccoc12. The Morgan fingerprint density at radius 2 is 2.00 bits per heavy atom. The van der Waals surface area contributed by atoms with Crippen molar-refractivity contribution in [3.05, 3.63) is 24.5 Å². The van der Waals surface area contributed by atoms with Crippen LogP contribution in [0.25, 0.3) is 11.0 Å². The van der Waals surface area contributed by atoms with E-state index in [0.717, 1.165) is 6.26 Å². The van der Waals surface area contributed by atoms with Crippen molar-refractivity contribution >= 4 is 32.6 Å². The van der Waals surface area contributed by atoms with E-state index < -0.39 is 21.5 Å². The number of anilines is 1. The molecule has 0 radical (unpaired) electrons. The summed E-state index contributed by atoms with van der Waals surface area (Å²) in [7, 11) is -3.44. The summed E-state index contributed by atoms with van der Waals surface area (Å²) in [6.45, 7) is 5.19. The number of carbonyl (C=O) groups excluding carboxylic acids is 1. The second kappa shape index (κ2) is 6.21. The highest BCUT2D eigenvalue weighted by Gasteiger charge is 2.26. The Kier molecular flexibility index (Phi) is 4.63. The van der Waals surface area contributed by atoms with Gasteiger partial charge in [-0.3, -0.25) is 4.90 Å². The van der Waals surface area contributed by atoms with Gasteiger partial charge in [0.05, 0.1) is 23.4 Å². The van der Waals surface area contributed by atoms with Crippen LogP contribution in [-0.2, 0) is 14.6 Å². The number of terminal acetylenes is 1. The number of carbonyl (C=O) groups is 1. The summed E-state index contributed by atoms with van der Waals surface area (Å²) in [5, 5.41) is 0.389. The molecule has 0 bridgehead atoms. The van der Waals surface area contributed by atoms with Crippen LogP contribution in [0.1, 0.15) is 20.8 Å². The monoisotopic (exact) mass is 349 g/mol. The van der Waals surface area contributed by atoms with Crippen molar-refractivity contribution in [3.8, 4) is 12.3 Å². The van der Waals surface area contributed by atoms with Crippen LogP contribution in [0.2, 0.25) is 0 Å². The molecule has 2 aromatic rings. The molecule has 0 aliphatic rings.